The molecule has 33 heavy (non-hydrogen) atoms. The van der Waals surface area contributed by atoms with E-state index in [1.807, 2.05) is 47.0 Å². The van der Waals surface area contributed by atoms with Crippen molar-refractivity contribution in [3.8, 4) is 17.1 Å². The van der Waals surface area contributed by atoms with E-state index in [1.54, 1.807) is 30.3 Å². The number of nitrogens with one attached hydrogen (secondary N) is 1. The second kappa shape index (κ2) is 10.9. The molecule has 1 amide bonds. The SMILES string of the molecule is O=C(CSc1nnc(-c2ccccc2)n1-c1ccc(Cl)cc1)NN=Cc1ccc(Cl)cc1Cl. The first-order valence-electron chi connectivity index (χ1n) is 9.68. The molecule has 0 saturated heterocycles. The zero-order valence-corrected chi connectivity index (χ0v) is 20.0. The van der Waals surface area contributed by atoms with Crippen molar-refractivity contribution in [2.24, 2.45) is 5.10 Å². The van der Waals surface area contributed by atoms with Crippen molar-refractivity contribution in [2.45, 2.75) is 5.16 Å². The van der Waals surface area contributed by atoms with Gasteiger partial charge in [0.25, 0.3) is 5.91 Å². The number of hydrazone groups is 1. The first-order valence-corrected chi connectivity index (χ1v) is 11.8. The van der Waals surface area contributed by atoms with Crippen LogP contribution in [0.5, 0.6) is 0 Å². The predicted octanol–water partition coefficient (Wildman–Crippen LogP) is 6.14. The van der Waals surface area contributed by atoms with Gasteiger partial charge in [0, 0.05) is 26.9 Å². The highest BCUT2D eigenvalue weighted by molar-refractivity contribution is 7.99. The number of thioether (sulfide) groups is 1. The van der Waals surface area contributed by atoms with Crippen LogP contribution in [0.2, 0.25) is 15.1 Å². The highest BCUT2D eigenvalue weighted by Gasteiger charge is 2.17. The molecule has 0 radical (unpaired) electrons. The molecule has 0 bridgehead atoms. The van der Waals surface area contributed by atoms with Gasteiger partial charge in [-0.3, -0.25) is 9.36 Å². The fourth-order valence-corrected chi connectivity index (χ4v) is 4.23. The second-order valence-electron chi connectivity index (χ2n) is 6.73. The van der Waals surface area contributed by atoms with Crippen LogP contribution in [0, 0.1) is 0 Å². The van der Waals surface area contributed by atoms with E-state index in [9.17, 15) is 4.79 Å². The number of halogens is 3. The Morgan fingerprint density at radius 1 is 0.970 bits per heavy atom. The molecule has 1 aromatic heterocycles. The lowest BCUT2D eigenvalue weighted by Gasteiger charge is -2.10. The standard InChI is InChI=1S/C23H16Cl3N5OS/c24-17-8-10-19(11-9-17)31-22(15-4-2-1-3-5-15)29-30-23(31)33-14-21(32)28-27-13-16-6-7-18(25)12-20(16)26/h1-13H,14H2,(H,28,32). The molecule has 0 aliphatic rings. The van der Waals surface area contributed by atoms with Crippen LogP contribution < -0.4 is 5.43 Å². The van der Waals surface area contributed by atoms with Gasteiger partial charge in [0.05, 0.1) is 17.0 Å². The molecule has 1 heterocycles. The summed E-state index contributed by atoms with van der Waals surface area (Å²) in [6, 6.07) is 22.1. The van der Waals surface area contributed by atoms with Gasteiger partial charge in [-0.05, 0) is 36.4 Å². The molecule has 0 spiro atoms. The van der Waals surface area contributed by atoms with E-state index in [4.69, 9.17) is 34.8 Å². The molecule has 166 valence electrons. The maximum absolute atomic E-state index is 12.3. The van der Waals surface area contributed by atoms with Crippen LogP contribution in [0.1, 0.15) is 5.56 Å². The van der Waals surface area contributed by atoms with E-state index in [-0.39, 0.29) is 11.7 Å². The van der Waals surface area contributed by atoms with Gasteiger partial charge in [0.2, 0.25) is 0 Å². The number of carbonyl (C=O) groups is 1. The summed E-state index contributed by atoms with van der Waals surface area (Å²) >= 11 is 19.3. The zero-order valence-electron chi connectivity index (χ0n) is 17.0. The highest BCUT2D eigenvalue weighted by atomic mass is 35.5. The normalized spacial score (nSPS) is 11.1. The number of nitrogens with zero attached hydrogens (tertiary/aromatic N) is 4. The Bertz CT molecular complexity index is 1290. The summed E-state index contributed by atoms with van der Waals surface area (Å²) in [6.07, 6.45) is 1.46. The first-order chi connectivity index (χ1) is 16.0. The third-order valence-electron chi connectivity index (χ3n) is 4.44. The van der Waals surface area contributed by atoms with Crippen molar-refractivity contribution in [1.29, 1.82) is 0 Å². The maximum Gasteiger partial charge on any atom is 0.250 e. The predicted molar refractivity (Wildman–Crippen MR) is 135 cm³/mol. The Morgan fingerprint density at radius 2 is 1.70 bits per heavy atom. The largest absolute Gasteiger partial charge is 0.272 e. The molecule has 0 unspecified atom stereocenters. The molecule has 4 aromatic rings. The fraction of sp³-hybridized carbons (Fsp3) is 0.0435. The Morgan fingerprint density at radius 3 is 2.42 bits per heavy atom. The lowest BCUT2D eigenvalue weighted by Crippen LogP contribution is -2.20. The molecule has 6 nitrogen and oxygen atoms in total. The topological polar surface area (TPSA) is 72.2 Å². The molecule has 0 fully saturated rings. The van der Waals surface area contributed by atoms with E-state index < -0.39 is 0 Å². The quantitative estimate of drug-likeness (QED) is 0.182. The van der Waals surface area contributed by atoms with Crippen molar-refractivity contribution in [2.75, 3.05) is 5.75 Å². The van der Waals surface area contributed by atoms with Gasteiger partial charge in [-0.1, -0.05) is 83.0 Å². The molecule has 0 aliphatic heterocycles. The fourth-order valence-electron chi connectivity index (χ4n) is 2.90. The smallest absolute Gasteiger partial charge is 0.250 e. The number of benzene rings is 3. The Balaban J connectivity index is 1.49. The first kappa shape index (κ1) is 23.3. The summed E-state index contributed by atoms with van der Waals surface area (Å²) in [5.41, 5.74) is 4.87. The summed E-state index contributed by atoms with van der Waals surface area (Å²) in [4.78, 5) is 12.3. The minimum Gasteiger partial charge on any atom is -0.272 e. The lowest BCUT2D eigenvalue weighted by atomic mass is 10.2. The molecule has 3 aromatic carbocycles. The van der Waals surface area contributed by atoms with Crippen LogP contribution in [-0.4, -0.2) is 32.6 Å². The summed E-state index contributed by atoms with van der Waals surface area (Å²) in [6.45, 7) is 0. The van der Waals surface area contributed by atoms with Crippen molar-refractivity contribution in [3.05, 3.63) is 93.4 Å². The molecule has 0 saturated carbocycles. The van der Waals surface area contributed by atoms with E-state index in [1.165, 1.54) is 18.0 Å². The van der Waals surface area contributed by atoms with Gasteiger partial charge in [0.1, 0.15) is 0 Å². The van der Waals surface area contributed by atoms with Crippen molar-refractivity contribution in [3.63, 3.8) is 0 Å². The number of amides is 1. The number of aromatic nitrogens is 3. The lowest BCUT2D eigenvalue weighted by molar-refractivity contribution is -0.118. The average Bonchev–Trinajstić information content (AvgIpc) is 3.24. The molecule has 1 N–H and O–H groups in total. The number of hydrogen-bond acceptors (Lipinski definition) is 5. The van der Waals surface area contributed by atoms with Crippen LogP contribution >= 0.6 is 46.6 Å². The summed E-state index contributed by atoms with van der Waals surface area (Å²) in [5, 5.41) is 14.8. The van der Waals surface area contributed by atoms with Crippen LogP contribution in [0.4, 0.5) is 0 Å². The highest BCUT2D eigenvalue weighted by Crippen LogP contribution is 2.28. The number of carbonyl (C=O) groups excluding carboxylic acids is 1. The van der Waals surface area contributed by atoms with E-state index in [0.29, 0.717) is 31.6 Å². The van der Waals surface area contributed by atoms with Crippen LogP contribution in [0.25, 0.3) is 17.1 Å². The zero-order chi connectivity index (χ0) is 23.2. The summed E-state index contributed by atoms with van der Waals surface area (Å²) in [5.74, 6) is 0.455. The van der Waals surface area contributed by atoms with Crippen molar-refractivity contribution >= 4 is 58.7 Å². The van der Waals surface area contributed by atoms with Gasteiger partial charge >= 0.3 is 0 Å². The van der Waals surface area contributed by atoms with Crippen LogP contribution in [-0.2, 0) is 4.79 Å². The molecular formula is C23H16Cl3N5OS. The van der Waals surface area contributed by atoms with Crippen LogP contribution in [0.3, 0.4) is 0 Å². The van der Waals surface area contributed by atoms with Gasteiger partial charge in [-0.25, -0.2) is 5.43 Å². The molecule has 10 heteroatoms. The van der Waals surface area contributed by atoms with Crippen LogP contribution in [0.15, 0.2) is 83.1 Å². The maximum atomic E-state index is 12.3. The molecular weight excluding hydrogens is 501 g/mol. The number of rotatable bonds is 7. The van der Waals surface area contributed by atoms with Crippen molar-refractivity contribution in [1.82, 2.24) is 20.2 Å². The monoisotopic (exact) mass is 515 g/mol. The Hall–Kier alpha value is -2.84. The van der Waals surface area contributed by atoms with E-state index in [0.717, 1.165) is 11.3 Å². The van der Waals surface area contributed by atoms with Gasteiger partial charge in [-0.15, -0.1) is 10.2 Å². The molecule has 0 aliphatic carbocycles. The van der Waals surface area contributed by atoms with Gasteiger partial charge in [-0.2, -0.15) is 5.10 Å². The van der Waals surface area contributed by atoms with Gasteiger partial charge < -0.3 is 0 Å². The van der Waals surface area contributed by atoms with E-state index >= 15 is 0 Å². The third-order valence-corrected chi connectivity index (χ3v) is 6.18. The number of hydrogen-bond donors (Lipinski definition) is 1. The Kier molecular flexibility index (Phi) is 7.67. The summed E-state index contributed by atoms with van der Waals surface area (Å²) in [7, 11) is 0. The molecule has 4 rings (SSSR count). The second-order valence-corrected chi connectivity index (χ2v) is 8.95. The van der Waals surface area contributed by atoms with Gasteiger partial charge in [0.15, 0.2) is 11.0 Å². The molecule has 0 atom stereocenters. The Labute approximate surface area is 209 Å². The average molecular weight is 517 g/mol. The van der Waals surface area contributed by atoms with Crippen molar-refractivity contribution < 1.29 is 4.79 Å². The van der Waals surface area contributed by atoms with E-state index in [2.05, 4.69) is 20.7 Å². The summed E-state index contributed by atoms with van der Waals surface area (Å²) < 4.78 is 1.89. The minimum absolute atomic E-state index is 0.0895. The minimum atomic E-state index is -0.298. The third kappa shape index (κ3) is 5.94.